The van der Waals surface area contributed by atoms with Gasteiger partial charge in [0, 0.05) is 32.1 Å². The molecule has 2 rings (SSSR count). The van der Waals surface area contributed by atoms with Gasteiger partial charge in [0.25, 0.3) is 5.91 Å². The number of amides is 2. The van der Waals surface area contributed by atoms with E-state index in [1.165, 1.54) is 4.90 Å². The van der Waals surface area contributed by atoms with Crippen molar-refractivity contribution in [3.05, 3.63) is 35.9 Å². The summed E-state index contributed by atoms with van der Waals surface area (Å²) in [7, 11) is 1.67. The summed E-state index contributed by atoms with van der Waals surface area (Å²) in [5.41, 5.74) is 0.718. The zero-order valence-corrected chi connectivity index (χ0v) is 14.4. The molecule has 5 heteroatoms. The lowest BCUT2D eigenvalue weighted by atomic mass is 9.81. The zero-order chi connectivity index (χ0) is 17.5. The van der Waals surface area contributed by atoms with Crippen LogP contribution in [0.15, 0.2) is 30.3 Å². The van der Waals surface area contributed by atoms with Crippen LogP contribution in [0, 0.1) is 23.2 Å². The summed E-state index contributed by atoms with van der Waals surface area (Å²) in [6, 6.07) is 11.3. The Hall–Kier alpha value is -2.35. The van der Waals surface area contributed by atoms with Gasteiger partial charge < -0.3 is 9.80 Å². The van der Waals surface area contributed by atoms with Gasteiger partial charge in [-0.15, -0.1) is 0 Å². The number of carbonyl (C=O) groups excluding carboxylic acids is 2. The molecular formula is C19H25N3O2. The van der Waals surface area contributed by atoms with Crippen molar-refractivity contribution in [1.82, 2.24) is 9.80 Å². The molecule has 1 heterocycles. The number of nitriles is 1. The summed E-state index contributed by atoms with van der Waals surface area (Å²) >= 11 is 0. The van der Waals surface area contributed by atoms with Gasteiger partial charge >= 0.3 is 0 Å². The van der Waals surface area contributed by atoms with Crippen molar-refractivity contribution in [1.29, 1.82) is 5.26 Å². The molecule has 0 radical (unpaired) electrons. The van der Waals surface area contributed by atoms with Crippen LogP contribution in [0.5, 0.6) is 0 Å². The number of hydrogen-bond donors (Lipinski definition) is 0. The smallest absolute Gasteiger partial charge is 0.253 e. The highest BCUT2D eigenvalue weighted by atomic mass is 16.2. The molecule has 0 N–H and O–H groups in total. The first kappa shape index (κ1) is 18.0. The average molecular weight is 327 g/mol. The number of likely N-dealkylation sites (tertiary alicyclic amines) is 1. The first-order valence-corrected chi connectivity index (χ1v) is 8.52. The van der Waals surface area contributed by atoms with Gasteiger partial charge in [-0.05, 0) is 30.4 Å². The van der Waals surface area contributed by atoms with Crippen LogP contribution in [0.25, 0.3) is 0 Å². The fourth-order valence-corrected chi connectivity index (χ4v) is 3.33. The third-order valence-electron chi connectivity index (χ3n) is 4.89. The lowest BCUT2D eigenvalue weighted by Gasteiger charge is -2.38. The maximum atomic E-state index is 12.6. The molecule has 1 aromatic carbocycles. The van der Waals surface area contributed by atoms with E-state index in [0.29, 0.717) is 25.4 Å². The number of hydrogen-bond acceptors (Lipinski definition) is 3. The molecule has 0 saturated carbocycles. The van der Waals surface area contributed by atoms with Crippen LogP contribution in [-0.4, -0.2) is 48.3 Å². The number of carbonyl (C=O) groups is 2. The van der Waals surface area contributed by atoms with Gasteiger partial charge in [0.2, 0.25) is 5.91 Å². The summed E-state index contributed by atoms with van der Waals surface area (Å²) in [5.74, 6) is 0.692. The second-order valence-electron chi connectivity index (χ2n) is 6.45. The fraction of sp³-hybridized carbons (Fsp3) is 0.526. The Labute approximate surface area is 143 Å². The lowest BCUT2D eigenvalue weighted by molar-refractivity contribution is -0.131. The third-order valence-corrected chi connectivity index (χ3v) is 4.89. The molecule has 1 aromatic rings. The van der Waals surface area contributed by atoms with Gasteiger partial charge in [0.05, 0.1) is 6.07 Å². The van der Waals surface area contributed by atoms with E-state index in [9.17, 15) is 9.59 Å². The molecule has 128 valence electrons. The fourth-order valence-electron chi connectivity index (χ4n) is 3.33. The molecule has 0 aliphatic carbocycles. The number of nitrogens with zero attached hydrogens (tertiary/aromatic N) is 3. The largest absolute Gasteiger partial charge is 0.338 e. The van der Waals surface area contributed by atoms with Crippen LogP contribution in [-0.2, 0) is 4.79 Å². The van der Waals surface area contributed by atoms with Gasteiger partial charge in [-0.3, -0.25) is 9.59 Å². The van der Waals surface area contributed by atoms with E-state index in [1.54, 1.807) is 7.05 Å². The molecule has 0 aromatic heterocycles. The highest BCUT2D eigenvalue weighted by Gasteiger charge is 2.32. The van der Waals surface area contributed by atoms with Crippen molar-refractivity contribution in [3.63, 3.8) is 0 Å². The molecule has 2 amide bonds. The SMILES string of the molecule is CCC1CN(C(=O)c2ccccc2)CCC1CC(=O)N(C)CC#N. The molecule has 1 saturated heterocycles. The van der Waals surface area contributed by atoms with Crippen molar-refractivity contribution in [2.24, 2.45) is 11.8 Å². The quantitative estimate of drug-likeness (QED) is 0.781. The maximum absolute atomic E-state index is 12.6. The Kier molecular flexibility index (Phi) is 6.36. The van der Waals surface area contributed by atoms with E-state index in [0.717, 1.165) is 18.4 Å². The Morgan fingerprint density at radius 3 is 2.62 bits per heavy atom. The summed E-state index contributed by atoms with van der Waals surface area (Å²) in [5, 5.41) is 8.71. The van der Waals surface area contributed by atoms with Crippen LogP contribution < -0.4 is 0 Å². The molecule has 5 nitrogen and oxygen atoms in total. The first-order valence-electron chi connectivity index (χ1n) is 8.52. The molecule has 0 bridgehead atoms. The standard InChI is InChI=1S/C19H25N3O2/c1-3-15-14-22(19(24)16-7-5-4-6-8-16)11-9-17(15)13-18(23)21(2)12-10-20/h4-8,15,17H,3,9,11-14H2,1-2H3. The molecule has 0 spiro atoms. The van der Waals surface area contributed by atoms with E-state index >= 15 is 0 Å². The van der Waals surface area contributed by atoms with E-state index in [1.807, 2.05) is 41.3 Å². The molecule has 1 aliphatic heterocycles. The number of piperidine rings is 1. The van der Waals surface area contributed by atoms with Gasteiger partial charge in [0.1, 0.15) is 6.54 Å². The van der Waals surface area contributed by atoms with Gasteiger partial charge in [-0.25, -0.2) is 0 Å². The van der Waals surface area contributed by atoms with Crippen molar-refractivity contribution < 1.29 is 9.59 Å². The van der Waals surface area contributed by atoms with E-state index in [2.05, 4.69) is 6.92 Å². The molecule has 24 heavy (non-hydrogen) atoms. The minimum Gasteiger partial charge on any atom is -0.338 e. The predicted octanol–water partition coefficient (Wildman–Crippen LogP) is 2.55. The maximum Gasteiger partial charge on any atom is 0.253 e. The Morgan fingerprint density at radius 2 is 2.00 bits per heavy atom. The monoisotopic (exact) mass is 327 g/mol. The zero-order valence-electron chi connectivity index (χ0n) is 14.4. The predicted molar refractivity (Wildman–Crippen MR) is 92.1 cm³/mol. The molecule has 1 fully saturated rings. The second-order valence-corrected chi connectivity index (χ2v) is 6.45. The van der Waals surface area contributed by atoms with Crippen molar-refractivity contribution in [3.8, 4) is 6.07 Å². The van der Waals surface area contributed by atoms with Crippen LogP contribution in [0.1, 0.15) is 36.5 Å². The molecule has 1 aliphatic rings. The number of benzene rings is 1. The number of rotatable bonds is 5. The normalized spacial score (nSPS) is 20.3. The Balaban J connectivity index is 1.97. The van der Waals surface area contributed by atoms with Crippen LogP contribution in [0.3, 0.4) is 0 Å². The van der Waals surface area contributed by atoms with Crippen LogP contribution in [0.2, 0.25) is 0 Å². The van der Waals surface area contributed by atoms with Crippen LogP contribution >= 0.6 is 0 Å². The van der Waals surface area contributed by atoms with Gasteiger partial charge in [0.15, 0.2) is 0 Å². The van der Waals surface area contributed by atoms with Crippen molar-refractivity contribution in [2.75, 3.05) is 26.7 Å². The summed E-state index contributed by atoms with van der Waals surface area (Å²) < 4.78 is 0. The van der Waals surface area contributed by atoms with Gasteiger partial charge in [-0.1, -0.05) is 31.5 Å². The van der Waals surface area contributed by atoms with Crippen molar-refractivity contribution >= 4 is 11.8 Å². The van der Waals surface area contributed by atoms with E-state index in [-0.39, 0.29) is 24.3 Å². The third kappa shape index (κ3) is 4.35. The highest BCUT2D eigenvalue weighted by Crippen LogP contribution is 2.30. The molecular weight excluding hydrogens is 302 g/mol. The topological polar surface area (TPSA) is 64.4 Å². The van der Waals surface area contributed by atoms with Gasteiger partial charge in [-0.2, -0.15) is 5.26 Å². The van der Waals surface area contributed by atoms with Crippen molar-refractivity contribution in [2.45, 2.75) is 26.2 Å². The average Bonchev–Trinajstić information content (AvgIpc) is 2.62. The minimum absolute atomic E-state index is 0.0165. The second kappa shape index (κ2) is 8.49. The summed E-state index contributed by atoms with van der Waals surface area (Å²) in [6.45, 7) is 3.62. The van der Waals surface area contributed by atoms with E-state index < -0.39 is 0 Å². The summed E-state index contributed by atoms with van der Waals surface area (Å²) in [6.07, 6.45) is 2.24. The highest BCUT2D eigenvalue weighted by molar-refractivity contribution is 5.94. The Bertz CT molecular complexity index is 609. The molecule has 2 atom stereocenters. The first-order chi connectivity index (χ1) is 11.6. The molecule has 2 unspecified atom stereocenters. The lowest BCUT2D eigenvalue weighted by Crippen LogP contribution is -2.45. The summed E-state index contributed by atoms with van der Waals surface area (Å²) in [4.78, 5) is 28.2. The van der Waals surface area contributed by atoms with E-state index in [4.69, 9.17) is 5.26 Å². The van der Waals surface area contributed by atoms with Crippen LogP contribution in [0.4, 0.5) is 0 Å². The minimum atomic E-state index is 0.0165. The Morgan fingerprint density at radius 1 is 1.29 bits per heavy atom.